The number of hydrogen-bond donors (Lipinski definition) is 2. The normalized spacial score (nSPS) is 15.3. The smallest absolute Gasteiger partial charge is 0.329 e. The lowest BCUT2D eigenvalue weighted by atomic mass is 10.2. The van der Waals surface area contributed by atoms with Gasteiger partial charge >= 0.3 is 5.69 Å². The number of anilines is 1. The van der Waals surface area contributed by atoms with E-state index >= 15 is 0 Å². The Morgan fingerprint density at radius 1 is 1.00 bits per heavy atom. The molecular formula is C26H30N6O4. The summed E-state index contributed by atoms with van der Waals surface area (Å²) in [6, 6.07) is 19.6. The maximum atomic E-state index is 12.8. The number of para-hydroxylation sites is 1. The summed E-state index contributed by atoms with van der Waals surface area (Å²) in [6.45, 7) is 4.09. The maximum absolute atomic E-state index is 12.8. The first kappa shape index (κ1) is 23.8. The lowest BCUT2D eigenvalue weighted by molar-refractivity contribution is 0.0935. The molecule has 3 heterocycles. The van der Waals surface area contributed by atoms with Crippen molar-refractivity contribution in [2.45, 2.75) is 19.2 Å². The van der Waals surface area contributed by atoms with Gasteiger partial charge in [0.2, 0.25) is 5.95 Å². The van der Waals surface area contributed by atoms with E-state index in [9.17, 15) is 14.7 Å². The number of piperazine rings is 1. The predicted molar refractivity (Wildman–Crippen MR) is 137 cm³/mol. The van der Waals surface area contributed by atoms with E-state index in [2.05, 4.69) is 26.9 Å². The summed E-state index contributed by atoms with van der Waals surface area (Å²) in [6.07, 6.45) is -0.891. The van der Waals surface area contributed by atoms with Crippen molar-refractivity contribution in [1.29, 1.82) is 0 Å². The molecular weight excluding hydrogens is 460 g/mol. The summed E-state index contributed by atoms with van der Waals surface area (Å²) in [4.78, 5) is 36.6. The first-order chi connectivity index (χ1) is 17.5. The van der Waals surface area contributed by atoms with Crippen LogP contribution in [0.1, 0.15) is 5.56 Å². The average molecular weight is 491 g/mol. The van der Waals surface area contributed by atoms with Gasteiger partial charge in [0.05, 0.1) is 6.54 Å². The van der Waals surface area contributed by atoms with Gasteiger partial charge in [0, 0.05) is 39.8 Å². The lowest BCUT2D eigenvalue weighted by Crippen LogP contribution is -2.47. The molecule has 0 spiro atoms. The summed E-state index contributed by atoms with van der Waals surface area (Å²) >= 11 is 0. The van der Waals surface area contributed by atoms with Gasteiger partial charge in [-0.2, -0.15) is 4.98 Å². The SMILES string of the molecule is Cn1c(=O)[nH]c(=O)c2c1nc(N1CCN(Cc3ccccc3)CC1)n2C[C@H](O)COc1ccccc1. The van der Waals surface area contributed by atoms with Crippen LogP contribution in [-0.2, 0) is 20.1 Å². The molecule has 0 radical (unpaired) electrons. The van der Waals surface area contributed by atoms with Crippen molar-refractivity contribution >= 4 is 17.1 Å². The van der Waals surface area contributed by atoms with Crippen molar-refractivity contribution in [2.75, 3.05) is 37.7 Å². The Morgan fingerprint density at radius 2 is 1.67 bits per heavy atom. The summed E-state index contributed by atoms with van der Waals surface area (Å²) in [5.74, 6) is 1.22. The number of nitrogens with zero attached hydrogens (tertiary/aromatic N) is 5. The number of fused-ring (bicyclic) bond motifs is 1. The van der Waals surface area contributed by atoms with Crippen molar-refractivity contribution in [3.63, 3.8) is 0 Å². The van der Waals surface area contributed by atoms with E-state index in [0.717, 1.165) is 19.6 Å². The summed E-state index contributed by atoms with van der Waals surface area (Å²) in [5.41, 5.74) is 0.774. The van der Waals surface area contributed by atoms with Gasteiger partial charge in [-0.05, 0) is 17.7 Å². The highest BCUT2D eigenvalue weighted by molar-refractivity contribution is 5.74. The van der Waals surface area contributed by atoms with E-state index in [-0.39, 0.29) is 18.7 Å². The lowest BCUT2D eigenvalue weighted by Gasteiger charge is -2.35. The molecule has 2 N–H and O–H groups in total. The van der Waals surface area contributed by atoms with E-state index < -0.39 is 17.4 Å². The molecule has 36 heavy (non-hydrogen) atoms. The number of H-pyrrole nitrogens is 1. The highest BCUT2D eigenvalue weighted by atomic mass is 16.5. The van der Waals surface area contributed by atoms with Gasteiger partial charge in [-0.15, -0.1) is 0 Å². The zero-order valence-corrected chi connectivity index (χ0v) is 20.2. The third-order valence-electron chi connectivity index (χ3n) is 6.47. The molecule has 188 valence electrons. The minimum Gasteiger partial charge on any atom is -0.491 e. The number of benzene rings is 2. The van der Waals surface area contributed by atoms with Crippen LogP contribution in [0.2, 0.25) is 0 Å². The molecule has 2 aromatic heterocycles. The molecule has 1 atom stereocenters. The Bertz CT molecular complexity index is 1420. The fourth-order valence-electron chi connectivity index (χ4n) is 4.56. The van der Waals surface area contributed by atoms with E-state index in [4.69, 9.17) is 9.72 Å². The molecule has 0 saturated carbocycles. The number of ether oxygens (including phenoxy) is 1. The second kappa shape index (κ2) is 10.4. The topological polar surface area (TPSA) is 109 Å². The van der Waals surface area contributed by atoms with E-state index in [1.54, 1.807) is 11.6 Å². The van der Waals surface area contributed by atoms with Crippen LogP contribution in [0.4, 0.5) is 5.95 Å². The fraction of sp³-hybridized carbons (Fsp3) is 0.346. The fourth-order valence-corrected chi connectivity index (χ4v) is 4.56. The van der Waals surface area contributed by atoms with Crippen LogP contribution in [0, 0.1) is 0 Å². The quantitative estimate of drug-likeness (QED) is 0.382. The van der Waals surface area contributed by atoms with Gasteiger partial charge in [-0.1, -0.05) is 48.5 Å². The van der Waals surface area contributed by atoms with Crippen LogP contribution in [-0.4, -0.2) is 68.0 Å². The summed E-state index contributed by atoms with van der Waals surface area (Å²) in [5, 5.41) is 10.8. The van der Waals surface area contributed by atoms with Crippen molar-refractivity contribution in [1.82, 2.24) is 24.0 Å². The maximum Gasteiger partial charge on any atom is 0.329 e. The second-order valence-electron chi connectivity index (χ2n) is 9.04. The largest absolute Gasteiger partial charge is 0.491 e. The van der Waals surface area contributed by atoms with Crippen LogP contribution < -0.4 is 20.9 Å². The molecule has 5 rings (SSSR count). The Kier molecular flexibility index (Phi) is 6.88. The third kappa shape index (κ3) is 5.05. The van der Waals surface area contributed by atoms with Gasteiger partial charge in [-0.25, -0.2) is 4.79 Å². The molecule has 1 fully saturated rings. The van der Waals surface area contributed by atoms with Crippen molar-refractivity contribution < 1.29 is 9.84 Å². The number of rotatable bonds is 8. The number of nitrogens with one attached hydrogen (secondary N) is 1. The Labute approximate surface area is 208 Å². The Balaban J connectivity index is 1.38. The van der Waals surface area contributed by atoms with E-state index in [1.807, 2.05) is 48.5 Å². The van der Waals surface area contributed by atoms with Crippen LogP contribution in [0.3, 0.4) is 0 Å². The number of imidazole rings is 1. The van der Waals surface area contributed by atoms with Crippen LogP contribution in [0.15, 0.2) is 70.3 Å². The molecule has 0 bridgehead atoms. The van der Waals surface area contributed by atoms with Crippen LogP contribution >= 0.6 is 0 Å². The van der Waals surface area contributed by atoms with Gasteiger partial charge in [0.15, 0.2) is 11.2 Å². The van der Waals surface area contributed by atoms with Gasteiger partial charge in [0.1, 0.15) is 18.5 Å². The third-order valence-corrected chi connectivity index (χ3v) is 6.47. The van der Waals surface area contributed by atoms with Gasteiger partial charge < -0.3 is 19.3 Å². The summed E-state index contributed by atoms with van der Waals surface area (Å²) < 4.78 is 8.75. The Hall–Kier alpha value is -3.89. The van der Waals surface area contributed by atoms with E-state index in [1.165, 1.54) is 10.1 Å². The van der Waals surface area contributed by atoms with Gasteiger partial charge in [-0.3, -0.25) is 19.2 Å². The first-order valence-electron chi connectivity index (χ1n) is 12.1. The first-order valence-corrected chi connectivity index (χ1v) is 12.1. The number of hydrogen-bond acceptors (Lipinski definition) is 7. The molecule has 1 aliphatic rings. The zero-order valence-electron chi connectivity index (χ0n) is 20.2. The molecule has 0 unspecified atom stereocenters. The molecule has 0 aliphatic carbocycles. The number of aromatic amines is 1. The molecule has 1 aliphatic heterocycles. The van der Waals surface area contributed by atoms with E-state index in [0.29, 0.717) is 30.4 Å². The van der Waals surface area contributed by atoms with Crippen molar-refractivity contribution in [3.05, 3.63) is 87.1 Å². The van der Waals surface area contributed by atoms with Gasteiger partial charge in [0.25, 0.3) is 5.56 Å². The number of aliphatic hydroxyl groups is 1. The molecule has 2 aromatic carbocycles. The minimum atomic E-state index is -0.891. The number of aryl methyl sites for hydroxylation is 1. The standard InChI is InChI=1S/C26H30N6O4/c1-29-23-22(24(34)28-26(29)35)32(17-20(33)18-36-21-10-6-3-7-11-21)25(27-23)31-14-12-30(13-15-31)16-19-8-4-2-5-9-19/h2-11,20,33H,12-18H2,1H3,(H,28,34,35)/t20-/m0/s1. The second-order valence-corrected chi connectivity index (χ2v) is 9.04. The Morgan fingerprint density at radius 3 is 2.36 bits per heavy atom. The molecule has 4 aromatic rings. The molecule has 0 amide bonds. The van der Waals surface area contributed by atoms with Crippen LogP contribution in [0.25, 0.3) is 11.2 Å². The van der Waals surface area contributed by atoms with Crippen LogP contribution in [0.5, 0.6) is 5.75 Å². The minimum absolute atomic E-state index is 0.0532. The predicted octanol–water partition coefficient (Wildman–Crippen LogP) is 1.19. The molecule has 1 saturated heterocycles. The summed E-state index contributed by atoms with van der Waals surface area (Å²) in [7, 11) is 1.58. The molecule has 10 heteroatoms. The van der Waals surface area contributed by atoms with Crippen molar-refractivity contribution in [3.8, 4) is 5.75 Å². The zero-order chi connectivity index (χ0) is 25.1. The monoisotopic (exact) mass is 490 g/mol. The average Bonchev–Trinajstić information content (AvgIpc) is 3.27. The highest BCUT2D eigenvalue weighted by Gasteiger charge is 2.26. The molecule has 10 nitrogen and oxygen atoms in total. The van der Waals surface area contributed by atoms with Crippen molar-refractivity contribution in [2.24, 2.45) is 7.05 Å². The highest BCUT2D eigenvalue weighted by Crippen LogP contribution is 2.22. The number of aliphatic hydroxyl groups excluding tert-OH is 1. The number of aromatic nitrogens is 4.